The minimum atomic E-state index is -5.19. The van der Waals surface area contributed by atoms with E-state index in [9.17, 15) is 33.2 Å². The number of rotatable bonds is 6. The van der Waals surface area contributed by atoms with Crippen LogP contribution < -0.4 is 9.47 Å². The van der Waals surface area contributed by atoms with E-state index < -0.39 is 35.8 Å². The van der Waals surface area contributed by atoms with Gasteiger partial charge in [0.15, 0.2) is 6.61 Å². The Morgan fingerprint density at radius 3 is 2.29 bits per heavy atom. The highest BCUT2D eigenvalue weighted by Crippen LogP contribution is 2.41. The molecule has 0 bridgehead atoms. The Hall–Kier alpha value is -3.67. The molecule has 12 heteroatoms. The van der Waals surface area contributed by atoms with Gasteiger partial charge in [-0.1, -0.05) is 0 Å². The molecule has 0 saturated heterocycles. The molecule has 1 atom stereocenters. The number of nitro benzene ring substituents is 1. The maximum Gasteiger partial charge on any atom is 0.438 e. The normalized spacial score (nSPS) is 18.5. The Bertz CT molecular complexity index is 1010. The van der Waals surface area contributed by atoms with E-state index in [4.69, 9.17) is 9.47 Å². The first kappa shape index (κ1) is 22.0. The van der Waals surface area contributed by atoms with E-state index in [-0.39, 0.29) is 27.7 Å². The van der Waals surface area contributed by atoms with Crippen LogP contribution in [0.4, 0.5) is 18.9 Å². The third-order valence-corrected chi connectivity index (χ3v) is 4.51. The van der Waals surface area contributed by atoms with Gasteiger partial charge < -0.3 is 14.6 Å². The van der Waals surface area contributed by atoms with Gasteiger partial charge in [-0.25, -0.2) is 0 Å². The van der Waals surface area contributed by atoms with E-state index in [1.54, 1.807) is 0 Å². The lowest BCUT2D eigenvalue weighted by Gasteiger charge is -2.32. The second kappa shape index (κ2) is 8.22. The molecule has 164 valence electrons. The van der Waals surface area contributed by atoms with Gasteiger partial charge >= 0.3 is 6.18 Å². The number of carbonyl (C=O) groups is 1. The highest BCUT2D eigenvalue weighted by atomic mass is 19.4. The fraction of sp³-hybridized carbons (Fsp3) is 0.263. The van der Waals surface area contributed by atoms with Crippen molar-refractivity contribution in [3.63, 3.8) is 0 Å². The number of benzene rings is 2. The van der Waals surface area contributed by atoms with Crippen LogP contribution in [0.3, 0.4) is 0 Å². The summed E-state index contributed by atoms with van der Waals surface area (Å²) in [6.45, 7) is -0.879. The van der Waals surface area contributed by atoms with Gasteiger partial charge in [-0.15, -0.1) is 0 Å². The van der Waals surface area contributed by atoms with Crippen LogP contribution in [0.1, 0.15) is 12.0 Å². The number of amides is 1. The molecule has 3 rings (SSSR count). The van der Waals surface area contributed by atoms with Crippen LogP contribution >= 0.6 is 0 Å². The van der Waals surface area contributed by atoms with Gasteiger partial charge in [-0.05, 0) is 42.0 Å². The number of hydrogen-bond acceptors (Lipinski definition) is 7. The minimum Gasteiger partial charge on any atom is -0.497 e. The average Bonchev–Trinajstić information content (AvgIpc) is 3.11. The maximum atomic E-state index is 13.6. The minimum absolute atomic E-state index is 0.0213. The molecule has 0 unspecified atom stereocenters. The number of carbonyl (C=O) groups excluding carboxylic acids is 1. The summed E-state index contributed by atoms with van der Waals surface area (Å²) in [5.41, 5.74) is -3.64. The first-order valence-electron chi connectivity index (χ1n) is 8.76. The fourth-order valence-electron chi connectivity index (χ4n) is 2.84. The summed E-state index contributed by atoms with van der Waals surface area (Å²) >= 11 is 0. The van der Waals surface area contributed by atoms with Crippen molar-refractivity contribution >= 4 is 17.3 Å². The smallest absolute Gasteiger partial charge is 0.438 e. The molecule has 0 radical (unpaired) electrons. The van der Waals surface area contributed by atoms with Crippen LogP contribution in [0.25, 0.3) is 0 Å². The van der Waals surface area contributed by atoms with E-state index in [2.05, 4.69) is 5.10 Å². The predicted octanol–water partition coefficient (Wildman–Crippen LogP) is 2.87. The zero-order valence-corrected chi connectivity index (χ0v) is 16.0. The molecular formula is C19H16F3N3O6. The van der Waals surface area contributed by atoms with E-state index in [0.29, 0.717) is 5.75 Å². The molecule has 2 aromatic carbocycles. The summed E-state index contributed by atoms with van der Waals surface area (Å²) < 4.78 is 50.9. The molecule has 1 aliphatic rings. The Balaban J connectivity index is 1.81. The quantitative estimate of drug-likeness (QED) is 0.547. The average molecular weight is 439 g/mol. The summed E-state index contributed by atoms with van der Waals surface area (Å²) in [6.07, 6.45) is -6.15. The zero-order chi connectivity index (χ0) is 22.8. The lowest BCUT2D eigenvalue weighted by molar-refractivity contribution is -0.384. The molecule has 0 spiro atoms. The fourth-order valence-corrected chi connectivity index (χ4v) is 2.84. The van der Waals surface area contributed by atoms with Gasteiger partial charge in [0.25, 0.3) is 17.3 Å². The number of methoxy groups -OCH3 is 1. The third kappa shape index (κ3) is 4.43. The highest BCUT2D eigenvalue weighted by Gasteiger charge is 2.63. The number of nitrogens with zero attached hydrogens (tertiary/aromatic N) is 3. The maximum absolute atomic E-state index is 13.6. The molecule has 1 heterocycles. The van der Waals surface area contributed by atoms with E-state index in [1.165, 1.54) is 43.5 Å². The van der Waals surface area contributed by atoms with Gasteiger partial charge in [0.1, 0.15) is 11.5 Å². The summed E-state index contributed by atoms with van der Waals surface area (Å²) in [4.78, 5) is 22.4. The highest BCUT2D eigenvalue weighted by molar-refractivity contribution is 6.03. The van der Waals surface area contributed by atoms with Crippen LogP contribution in [0.5, 0.6) is 11.5 Å². The van der Waals surface area contributed by atoms with Crippen molar-refractivity contribution < 1.29 is 37.5 Å². The van der Waals surface area contributed by atoms with Gasteiger partial charge in [0, 0.05) is 12.1 Å². The van der Waals surface area contributed by atoms with Crippen molar-refractivity contribution in [1.29, 1.82) is 0 Å². The Kier molecular flexibility index (Phi) is 5.84. The summed E-state index contributed by atoms with van der Waals surface area (Å²) in [5.74, 6) is -0.757. The predicted molar refractivity (Wildman–Crippen MR) is 101 cm³/mol. The van der Waals surface area contributed by atoms with Crippen molar-refractivity contribution in [2.75, 3.05) is 13.7 Å². The number of non-ortho nitro benzene ring substituents is 1. The number of ether oxygens (including phenoxy) is 2. The van der Waals surface area contributed by atoms with Crippen LogP contribution in [0.15, 0.2) is 53.6 Å². The van der Waals surface area contributed by atoms with Crippen molar-refractivity contribution in [2.24, 2.45) is 5.10 Å². The number of nitro groups is 1. The van der Waals surface area contributed by atoms with E-state index in [1.807, 2.05) is 0 Å². The van der Waals surface area contributed by atoms with Crippen molar-refractivity contribution in [2.45, 2.75) is 18.3 Å². The Morgan fingerprint density at radius 2 is 1.77 bits per heavy atom. The molecule has 0 aliphatic carbocycles. The number of hydrazone groups is 1. The number of aliphatic hydroxyl groups is 1. The largest absolute Gasteiger partial charge is 0.497 e. The number of halogens is 3. The van der Waals surface area contributed by atoms with Gasteiger partial charge in [-0.3, -0.25) is 14.9 Å². The second-order valence-corrected chi connectivity index (χ2v) is 6.51. The molecule has 31 heavy (non-hydrogen) atoms. The SMILES string of the molecule is COc1ccc(C2=NN(C(=O)COc3ccc([N+](=O)[O-])cc3)[C@@](O)(C(F)(F)F)C2)cc1. The van der Waals surface area contributed by atoms with Crippen LogP contribution in [-0.2, 0) is 4.79 Å². The van der Waals surface area contributed by atoms with Crippen LogP contribution in [0.2, 0.25) is 0 Å². The summed E-state index contributed by atoms with van der Waals surface area (Å²) in [6, 6.07) is 10.5. The van der Waals surface area contributed by atoms with Crippen molar-refractivity contribution in [3.05, 3.63) is 64.2 Å². The van der Waals surface area contributed by atoms with Crippen LogP contribution in [-0.4, -0.2) is 52.3 Å². The van der Waals surface area contributed by atoms with Gasteiger partial charge in [-0.2, -0.15) is 23.3 Å². The summed E-state index contributed by atoms with van der Waals surface area (Å²) in [5, 5.41) is 24.6. The molecule has 2 aromatic rings. The molecule has 1 aliphatic heterocycles. The molecule has 0 saturated carbocycles. The molecule has 9 nitrogen and oxygen atoms in total. The van der Waals surface area contributed by atoms with Gasteiger partial charge in [0.05, 0.1) is 24.2 Å². The molecule has 1 N–H and O–H groups in total. The standard InChI is InChI=1S/C19H16F3N3O6/c1-30-14-6-2-12(3-7-14)16-10-18(27,19(20,21)22)24(23-16)17(26)11-31-15-8-4-13(5-9-15)25(28)29/h2-9,27H,10-11H2,1H3/t18-/m0/s1. The topological polar surface area (TPSA) is 114 Å². The molecular weight excluding hydrogens is 423 g/mol. The Labute approximate surface area is 173 Å². The molecule has 0 fully saturated rings. The lowest BCUT2D eigenvalue weighted by Crippen LogP contribution is -2.57. The third-order valence-electron chi connectivity index (χ3n) is 4.51. The lowest BCUT2D eigenvalue weighted by atomic mass is 10.0. The number of alkyl halides is 3. The molecule has 1 amide bonds. The first-order valence-corrected chi connectivity index (χ1v) is 8.76. The van der Waals surface area contributed by atoms with E-state index >= 15 is 0 Å². The van der Waals surface area contributed by atoms with Gasteiger partial charge in [0.2, 0.25) is 0 Å². The van der Waals surface area contributed by atoms with Crippen molar-refractivity contribution in [3.8, 4) is 11.5 Å². The molecule has 0 aromatic heterocycles. The Morgan fingerprint density at radius 1 is 1.19 bits per heavy atom. The second-order valence-electron chi connectivity index (χ2n) is 6.51. The monoisotopic (exact) mass is 439 g/mol. The first-order chi connectivity index (χ1) is 14.5. The summed E-state index contributed by atoms with van der Waals surface area (Å²) in [7, 11) is 1.43. The van der Waals surface area contributed by atoms with Crippen LogP contribution in [0, 0.1) is 10.1 Å². The number of hydrogen-bond donors (Lipinski definition) is 1. The zero-order valence-electron chi connectivity index (χ0n) is 16.0. The van der Waals surface area contributed by atoms with E-state index in [0.717, 1.165) is 12.1 Å². The van der Waals surface area contributed by atoms with Crippen molar-refractivity contribution in [1.82, 2.24) is 5.01 Å².